The first-order valence-electron chi connectivity index (χ1n) is 8.32. The molecule has 28 heavy (non-hydrogen) atoms. The van der Waals surface area contributed by atoms with Gasteiger partial charge in [-0.25, -0.2) is 4.39 Å². The van der Waals surface area contributed by atoms with Gasteiger partial charge < -0.3 is 20.1 Å². The molecule has 2 amide bonds. The van der Waals surface area contributed by atoms with Crippen LogP contribution in [0.2, 0.25) is 0 Å². The highest BCUT2D eigenvalue weighted by Crippen LogP contribution is 2.34. The molecule has 3 aromatic rings. The van der Waals surface area contributed by atoms with E-state index in [4.69, 9.17) is 9.47 Å². The van der Waals surface area contributed by atoms with E-state index in [1.165, 1.54) is 42.6 Å². The van der Waals surface area contributed by atoms with Crippen LogP contribution in [0.1, 0.15) is 20.8 Å². The van der Waals surface area contributed by atoms with Crippen molar-refractivity contribution in [1.82, 2.24) is 4.98 Å². The van der Waals surface area contributed by atoms with Crippen LogP contribution in [0.4, 0.5) is 15.8 Å². The molecule has 0 spiro atoms. The highest BCUT2D eigenvalue weighted by atomic mass is 19.1. The van der Waals surface area contributed by atoms with Crippen LogP contribution in [0.3, 0.4) is 0 Å². The Kier molecular flexibility index (Phi) is 4.59. The molecule has 1 aromatic heterocycles. The summed E-state index contributed by atoms with van der Waals surface area (Å²) in [6.45, 7) is 0.142. The lowest BCUT2D eigenvalue weighted by atomic mass is 10.2. The van der Waals surface area contributed by atoms with Gasteiger partial charge in [-0.3, -0.25) is 14.6 Å². The zero-order chi connectivity index (χ0) is 19.5. The number of aromatic nitrogens is 1. The van der Waals surface area contributed by atoms with Gasteiger partial charge in [0.15, 0.2) is 11.5 Å². The molecule has 0 saturated heterocycles. The molecule has 1 aliphatic heterocycles. The van der Waals surface area contributed by atoms with Crippen LogP contribution in [0, 0.1) is 5.82 Å². The first-order chi connectivity index (χ1) is 13.6. The molecule has 0 aliphatic carbocycles. The van der Waals surface area contributed by atoms with Crippen LogP contribution in [-0.2, 0) is 0 Å². The summed E-state index contributed by atoms with van der Waals surface area (Å²) in [7, 11) is 0. The Balaban J connectivity index is 1.47. The summed E-state index contributed by atoms with van der Waals surface area (Å²) >= 11 is 0. The van der Waals surface area contributed by atoms with Gasteiger partial charge in [0.05, 0.1) is 0 Å². The highest BCUT2D eigenvalue weighted by molar-refractivity contribution is 6.07. The number of fused-ring (bicyclic) bond motifs is 1. The SMILES string of the molecule is O=C(Nc1ccc2c(c1)OCO2)c1ccnc(C(=O)Nc2ccc(F)cc2)c1. The molecule has 0 bridgehead atoms. The van der Waals surface area contributed by atoms with Crippen LogP contribution in [-0.4, -0.2) is 23.6 Å². The van der Waals surface area contributed by atoms with E-state index in [9.17, 15) is 14.0 Å². The molecule has 7 nitrogen and oxygen atoms in total. The lowest BCUT2D eigenvalue weighted by Gasteiger charge is -2.08. The minimum atomic E-state index is -0.510. The van der Waals surface area contributed by atoms with E-state index < -0.39 is 17.6 Å². The molecular weight excluding hydrogens is 365 g/mol. The lowest BCUT2D eigenvalue weighted by molar-refractivity contribution is 0.102. The number of benzene rings is 2. The summed E-state index contributed by atoms with van der Waals surface area (Å²) in [5.41, 5.74) is 1.27. The van der Waals surface area contributed by atoms with Crippen molar-refractivity contribution in [2.24, 2.45) is 0 Å². The predicted octanol–water partition coefficient (Wildman–Crippen LogP) is 3.45. The third kappa shape index (κ3) is 3.75. The Hall–Kier alpha value is -3.94. The molecular formula is C20H14FN3O4. The van der Waals surface area contributed by atoms with Crippen LogP contribution in [0.25, 0.3) is 0 Å². The first kappa shape index (κ1) is 17.5. The van der Waals surface area contributed by atoms with Crippen molar-refractivity contribution in [3.8, 4) is 11.5 Å². The normalized spacial score (nSPS) is 11.8. The summed E-state index contributed by atoms with van der Waals surface area (Å²) in [4.78, 5) is 28.8. The van der Waals surface area contributed by atoms with Crippen molar-refractivity contribution >= 4 is 23.2 Å². The molecule has 8 heteroatoms. The van der Waals surface area contributed by atoms with Gasteiger partial charge in [0.2, 0.25) is 6.79 Å². The maximum Gasteiger partial charge on any atom is 0.274 e. The third-order valence-corrected chi connectivity index (χ3v) is 3.99. The van der Waals surface area contributed by atoms with Crippen molar-refractivity contribution in [2.45, 2.75) is 0 Å². The second kappa shape index (κ2) is 7.36. The van der Waals surface area contributed by atoms with Crippen LogP contribution in [0.15, 0.2) is 60.8 Å². The highest BCUT2D eigenvalue weighted by Gasteiger charge is 2.16. The van der Waals surface area contributed by atoms with Crippen LogP contribution >= 0.6 is 0 Å². The molecule has 0 fully saturated rings. The number of hydrogen-bond donors (Lipinski definition) is 2. The van der Waals surface area contributed by atoms with E-state index in [1.54, 1.807) is 18.2 Å². The summed E-state index contributed by atoms with van der Waals surface area (Å²) in [5, 5.41) is 5.33. The Labute approximate surface area is 159 Å². The maximum absolute atomic E-state index is 13.0. The average Bonchev–Trinajstić information content (AvgIpc) is 3.17. The van der Waals surface area contributed by atoms with Gasteiger partial charge in [0, 0.05) is 29.2 Å². The molecule has 0 unspecified atom stereocenters. The molecule has 4 rings (SSSR count). The van der Waals surface area contributed by atoms with Crippen molar-refractivity contribution in [3.05, 3.63) is 77.9 Å². The second-order valence-electron chi connectivity index (χ2n) is 5.91. The number of nitrogens with one attached hydrogen (secondary N) is 2. The van der Waals surface area contributed by atoms with Crippen LogP contribution in [0.5, 0.6) is 11.5 Å². The zero-order valence-corrected chi connectivity index (χ0v) is 14.4. The molecule has 2 aromatic carbocycles. The summed E-state index contributed by atoms with van der Waals surface area (Å²) in [5.74, 6) is -0.159. The Bertz CT molecular complexity index is 1050. The van der Waals surface area contributed by atoms with Crippen molar-refractivity contribution in [1.29, 1.82) is 0 Å². The van der Waals surface area contributed by atoms with Crippen molar-refractivity contribution in [2.75, 3.05) is 17.4 Å². The van der Waals surface area contributed by atoms with Gasteiger partial charge in [0.1, 0.15) is 11.5 Å². The topological polar surface area (TPSA) is 89.6 Å². The Morgan fingerprint density at radius 1 is 0.857 bits per heavy atom. The van der Waals surface area contributed by atoms with Crippen LogP contribution < -0.4 is 20.1 Å². The minimum Gasteiger partial charge on any atom is -0.454 e. The van der Waals surface area contributed by atoms with Gasteiger partial charge in [-0.15, -0.1) is 0 Å². The fourth-order valence-electron chi connectivity index (χ4n) is 2.60. The number of carbonyl (C=O) groups excluding carboxylic acids is 2. The van der Waals surface area contributed by atoms with Gasteiger partial charge in [-0.2, -0.15) is 0 Å². The van der Waals surface area contributed by atoms with E-state index >= 15 is 0 Å². The number of pyridine rings is 1. The number of amides is 2. The van der Waals surface area contributed by atoms with Crippen molar-refractivity contribution < 1.29 is 23.5 Å². The fraction of sp³-hybridized carbons (Fsp3) is 0.0500. The maximum atomic E-state index is 13.0. The molecule has 2 heterocycles. The number of ether oxygens (including phenoxy) is 2. The van der Waals surface area contributed by atoms with Gasteiger partial charge in [-0.1, -0.05) is 0 Å². The number of nitrogens with zero attached hydrogens (tertiary/aromatic N) is 1. The molecule has 0 saturated carbocycles. The lowest BCUT2D eigenvalue weighted by Crippen LogP contribution is -2.17. The average molecular weight is 379 g/mol. The van der Waals surface area contributed by atoms with E-state index in [0.717, 1.165) is 0 Å². The predicted molar refractivity (Wildman–Crippen MR) is 99.1 cm³/mol. The number of hydrogen-bond acceptors (Lipinski definition) is 5. The van der Waals surface area contributed by atoms with Gasteiger partial charge in [-0.05, 0) is 48.5 Å². The molecule has 0 radical (unpaired) electrons. The minimum absolute atomic E-state index is 0.0580. The number of rotatable bonds is 4. The number of anilines is 2. The number of halogens is 1. The Morgan fingerprint density at radius 2 is 1.57 bits per heavy atom. The Morgan fingerprint density at radius 3 is 2.39 bits per heavy atom. The molecule has 140 valence electrons. The van der Waals surface area contributed by atoms with E-state index in [1.807, 2.05) is 0 Å². The van der Waals surface area contributed by atoms with E-state index in [0.29, 0.717) is 22.9 Å². The third-order valence-electron chi connectivity index (χ3n) is 3.99. The summed E-state index contributed by atoms with van der Waals surface area (Å²) in [6, 6.07) is 13.3. The van der Waals surface area contributed by atoms with Gasteiger partial charge in [0.25, 0.3) is 11.8 Å². The molecule has 2 N–H and O–H groups in total. The first-order valence-corrected chi connectivity index (χ1v) is 8.32. The standard InChI is InChI=1S/C20H14FN3O4/c21-13-1-3-14(4-2-13)23-20(26)16-9-12(7-8-22-16)19(25)24-15-5-6-17-18(10-15)28-11-27-17/h1-10H,11H2,(H,23,26)(H,24,25). The largest absolute Gasteiger partial charge is 0.454 e. The fourth-order valence-corrected chi connectivity index (χ4v) is 2.60. The second-order valence-corrected chi connectivity index (χ2v) is 5.91. The smallest absolute Gasteiger partial charge is 0.274 e. The zero-order valence-electron chi connectivity index (χ0n) is 14.4. The number of carbonyl (C=O) groups is 2. The van der Waals surface area contributed by atoms with Crippen molar-refractivity contribution in [3.63, 3.8) is 0 Å². The van der Waals surface area contributed by atoms with Gasteiger partial charge >= 0.3 is 0 Å². The molecule has 1 aliphatic rings. The monoisotopic (exact) mass is 379 g/mol. The van der Waals surface area contributed by atoms with E-state index in [-0.39, 0.29) is 18.1 Å². The van der Waals surface area contributed by atoms with E-state index in [2.05, 4.69) is 15.6 Å². The quantitative estimate of drug-likeness (QED) is 0.725. The summed E-state index contributed by atoms with van der Waals surface area (Å²) < 4.78 is 23.5. The summed E-state index contributed by atoms with van der Waals surface area (Å²) in [6.07, 6.45) is 1.37. The molecule has 0 atom stereocenters.